The van der Waals surface area contributed by atoms with Crippen molar-refractivity contribution in [2.75, 3.05) is 13.2 Å². The van der Waals surface area contributed by atoms with Gasteiger partial charge in [0.1, 0.15) is 31.1 Å². The van der Waals surface area contributed by atoms with E-state index < -0.39 is 17.5 Å². The zero-order chi connectivity index (χ0) is 30.5. The van der Waals surface area contributed by atoms with Gasteiger partial charge in [0.25, 0.3) is 0 Å². The number of thioether (sulfide) groups is 1. The highest BCUT2D eigenvalue weighted by atomic mass is 32.2. The molecule has 0 aliphatic carbocycles. The van der Waals surface area contributed by atoms with Crippen LogP contribution >= 0.6 is 11.8 Å². The Bertz CT molecular complexity index is 1320. The van der Waals surface area contributed by atoms with Crippen molar-refractivity contribution >= 4 is 35.4 Å². The lowest BCUT2D eigenvalue weighted by Crippen LogP contribution is -2.55. The number of carbonyl (C=O) groups excluding carboxylic acids is 4. The first kappa shape index (κ1) is 32.7. The van der Waals surface area contributed by atoms with Crippen LogP contribution in [0.5, 0.6) is 5.75 Å². The highest BCUT2D eigenvalue weighted by Crippen LogP contribution is 2.40. The summed E-state index contributed by atoms with van der Waals surface area (Å²) in [6, 6.07) is 15.5. The molecule has 0 saturated heterocycles. The topological polar surface area (TPSA) is 108 Å². The Morgan fingerprint density at radius 3 is 2.29 bits per heavy atom. The Morgan fingerprint density at radius 2 is 1.67 bits per heavy atom. The molecule has 1 aliphatic heterocycles. The van der Waals surface area contributed by atoms with E-state index in [1.165, 1.54) is 20.8 Å². The molecule has 0 bridgehead atoms. The van der Waals surface area contributed by atoms with Gasteiger partial charge in [-0.25, -0.2) is 0 Å². The van der Waals surface area contributed by atoms with Crippen molar-refractivity contribution in [3.05, 3.63) is 82.3 Å². The van der Waals surface area contributed by atoms with Crippen LogP contribution in [-0.4, -0.2) is 42.4 Å². The predicted octanol–water partition coefficient (Wildman–Crippen LogP) is 6.34. The smallest absolute Gasteiger partial charge is 0.302 e. The van der Waals surface area contributed by atoms with Gasteiger partial charge in [0.15, 0.2) is 5.78 Å². The van der Waals surface area contributed by atoms with Crippen LogP contribution in [0, 0.1) is 0 Å². The SMILES string of the molecule is CCC/C(=C\C=C1/CC(=O)c2cc(OCc3ccccc3)ccc2S1)CCC(COC(C)=O)(COC(C)=O)NC(C)=O. The number of hydrogen-bond donors (Lipinski definition) is 1. The number of ketones is 1. The van der Waals surface area contributed by atoms with E-state index in [-0.39, 0.29) is 24.9 Å². The molecule has 0 unspecified atom stereocenters. The van der Waals surface area contributed by atoms with E-state index in [2.05, 4.69) is 12.2 Å². The van der Waals surface area contributed by atoms with Crippen molar-refractivity contribution in [3.8, 4) is 5.75 Å². The number of hydrogen-bond acceptors (Lipinski definition) is 8. The van der Waals surface area contributed by atoms with Crippen molar-refractivity contribution in [2.45, 2.75) is 76.8 Å². The highest BCUT2D eigenvalue weighted by Gasteiger charge is 2.34. The fourth-order valence-electron chi connectivity index (χ4n) is 4.57. The number of carbonyl (C=O) groups is 4. The largest absolute Gasteiger partial charge is 0.489 e. The molecule has 2 aromatic rings. The monoisotopic (exact) mass is 593 g/mol. The lowest BCUT2D eigenvalue weighted by molar-refractivity contribution is -0.150. The Labute approximate surface area is 251 Å². The highest BCUT2D eigenvalue weighted by molar-refractivity contribution is 8.03. The average molecular weight is 594 g/mol. The van der Waals surface area contributed by atoms with Gasteiger partial charge in [-0.15, -0.1) is 0 Å². The average Bonchev–Trinajstić information content (AvgIpc) is 2.95. The van der Waals surface area contributed by atoms with Gasteiger partial charge >= 0.3 is 11.9 Å². The first-order chi connectivity index (χ1) is 20.1. The Hall–Kier alpha value is -3.85. The summed E-state index contributed by atoms with van der Waals surface area (Å²) in [6.07, 6.45) is 6.96. The van der Waals surface area contributed by atoms with Crippen LogP contribution < -0.4 is 10.1 Å². The van der Waals surface area contributed by atoms with Gasteiger partial charge in [0, 0.05) is 37.7 Å². The summed E-state index contributed by atoms with van der Waals surface area (Å²) in [6.45, 7) is 6.23. The van der Waals surface area contributed by atoms with Gasteiger partial charge in [-0.3, -0.25) is 19.2 Å². The summed E-state index contributed by atoms with van der Waals surface area (Å²) in [5.74, 6) is -0.597. The molecule has 0 aromatic heterocycles. The standard InChI is InChI=1S/C33H39NO7S/c1-5-9-26(16-17-33(34-23(2)35,21-40-24(3)36)22-41-25(4)37)12-14-29-19-31(38)30-18-28(13-15-32(30)42-29)39-20-27-10-7-6-8-11-27/h6-8,10-15,18H,5,9,16-17,19-22H2,1-4H3,(H,34,35)/b26-12+,29-14+. The van der Waals surface area contributed by atoms with Gasteiger partial charge < -0.3 is 19.5 Å². The van der Waals surface area contributed by atoms with Gasteiger partial charge in [-0.05, 0) is 47.9 Å². The number of ether oxygens (including phenoxy) is 3. The molecule has 1 heterocycles. The molecule has 1 aliphatic rings. The maximum Gasteiger partial charge on any atom is 0.302 e. The number of allylic oxidation sites excluding steroid dienone is 4. The van der Waals surface area contributed by atoms with Gasteiger partial charge in [-0.2, -0.15) is 0 Å². The molecule has 1 amide bonds. The number of esters is 2. The molecule has 3 rings (SSSR count). The number of nitrogens with one attached hydrogen (secondary N) is 1. The molecular formula is C33H39NO7S. The van der Waals surface area contributed by atoms with Crippen molar-refractivity contribution < 1.29 is 33.4 Å². The summed E-state index contributed by atoms with van der Waals surface area (Å²) in [5.41, 5.74) is 1.77. The van der Waals surface area contributed by atoms with Crippen molar-refractivity contribution in [2.24, 2.45) is 0 Å². The van der Waals surface area contributed by atoms with E-state index in [0.717, 1.165) is 33.8 Å². The van der Waals surface area contributed by atoms with Crippen molar-refractivity contribution in [1.82, 2.24) is 5.32 Å². The molecule has 0 spiro atoms. The molecule has 0 fully saturated rings. The summed E-state index contributed by atoms with van der Waals surface area (Å²) in [5, 5.41) is 2.85. The zero-order valence-electron chi connectivity index (χ0n) is 24.7. The number of rotatable bonds is 14. The summed E-state index contributed by atoms with van der Waals surface area (Å²) < 4.78 is 16.4. The second kappa shape index (κ2) is 16.0. The fourth-order valence-corrected chi connectivity index (χ4v) is 5.61. The normalized spacial score (nSPS) is 14.2. The second-order valence-electron chi connectivity index (χ2n) is 10.4. The van der Waals surface area contributed by atoms with Crippen LogP contribution in [-0.2, 0) is 30.5 Å². The van der Waals surface area contributed by atoms with E-state index >= 15 is 0 Å². The van der Waals surface area contributed by atoms with E-state index in [4.69, 9.17) is 14.2 Å². The maximum atomic E-state index is 13.1. The molecule has 2 aromatic carbocycles. The minimum Gasteiger partial charge on any atom is -0.489 e. The second-order valence-corrected chi connectivity index (χ2v) is 11.5. The molecule has 224 valence electrons. The number of benzene rings is 2. The molecular weight excluding hydrogens is 554 g/mol. The van der Waals surface area contributed by atoms with Crippen LogP contribution in [0.3, 0.4) is 0 Å². The maximum absolute atomic E-state index is 13.1. The zero-order valence-corrected chi connectivity index (χ0v) is 25.5. The fraction of sp³-hybridized carbons (Fsp3) is 0.394. The van der Waals surface area contributed by atoms with E-state index in [1.807, 2.05) is 60.7 Å². The molecule has 42 heavy (non-hydrogen) atoms. The molecule has 0 radical (unpaired) electrons. The quantitative estimate of drug-likeness (QED) is 0.253. The lowest BCUT2D eigenvalue weighted by Gasteiger charge is -2.33. The first-order valence-electron chi connectivity index (χ1n) is 14.0. The summed E-state index contributed by atoms with van der Waals surface area (Å²) in [4.78, 5) is 50.0. The van der Waals surface area contributed by atoms with E-state index in [0.29, 0.717) is 37.2 Å². The van der Waals surface area contributed by atoms with E-state index in [1.54, 1.807) is 11.8 Å². The van der Waals surface area contributed by atoms with Crippen LogP contribution in [0.2, 0.25) is 0 Å². The van der Waals surface area contributed by atoms with Gasteiger partial charge in [-0.1, -0.05) is 73.2 Å². The molecule has 0 saturated carbocycles. The Morgan fingerprint density at radius 1 is 0.976 bits per heavy atom. The number of amides is 1. The van der Waals surface area contributed by atoms with Crippen LogP contribution in [0.4, 0.5) is 0 Å². The molecule has 8 nitrogen and oxygen atoms in total. The number of Topliss-reactive ketones (excluding diaryl/α,β-unsaturated/α-hetero) is 1. The summed E-state index contributed by atoms with van der Waals surface area (Å²) in [7, 11) is 0. The third-order valence-electron chi connectivity index (χ3n) is 6.62. The Kier molecular flexibility index (Phi) is 12.4. The molecule has 0 atom stereocenters. The van der Waals surface area contributed by atoms with Crippen LogP contribution in [0.1, 0.15) is 75.7 Å². The van der Waals surface area contributed by atoms with Crippen molar-refractivity contribution in [1.29, 1.82) is 0 Å². The first-order valence-corrected chi connectivity index (χ1v) is 14.9. The Balaban J connectivity index is 1.73. The third-order valence-corrected chi connectivity index (χ3v) is 7.74. The predicted molar refractivity (Wildman–Crippen MR) is 162 cm³/mol. The van der Waals surface area contributed by atoms with Crippen LogP contribution in [0.15, 0.2) is 76.1 Å². The lowest BCUT2D eigenvalue weighted by atomic mass is 9.90. The minimum atomic E-state index is -1.06. The summed E-state index contributed by atoms with van der Waals surface area (Å²) >= 11 is 1.57. The molecule has 1 N–H and O–H groups in total. The minimum absolute atomic E-state index is 0.0399. The van der Waals surface area contributed by atoms with Gasteiger partial charge in [0.2, 0.25) is 5.91 Å². The molecule has 9 heteroatoms. The number of fused-ring (bicyclic) bond motifs is 1. The van der Waals surface area contributed by atoms with Crippen LogP contribution in [0.25, 0.3) is 0 Å². The van der Waals surface area contributed by atoms with E-state index in [9.17, 15) is 19.2 Å². The third kappa shape index (κ3) is 10.5. The van der Waals surface area contributed by atoms with Gasteiger partial charge in [0.05, 0.1) is 0 Å². The van der Waals surface area contributed by atoms with Crippen molar-refractivity contribution in [3.63, 3.8) is 0 Å².